The molecular weight excluding hydrogens is 170 g/mol. The summed E-state index contributed by atoms with van der Waals surface area (Å²) in [5, 5.41) is 21.0. The lowest BCUT2D eigenvalue weighted by molar-refractivity contribution is 0.102. The van der Waals surface area contributed by atoms with E-state index in [1.165, 1.54) is 4.80 Å². The summed E-state index contributed by atoms with van der Waals surface area (Å²) in [6.07, 6.45) is -0.325. The van der Waals surface area contributed by atoms with Crippen LogP contribution in [0.2, 0.25) is 0 Å². The molecule has 0 saturated heterocycles. The highest BCUT2D eigenvalue weighted by atomic mass is 16.3. The van der Waals surface area contributed by atoms with Crippen LogP contribution >= 0.6 is 0 Å². The van der Waals surface area contributed by atoms with Crippen LogP contribution in [0, 0.1) is 0 Å². The van der Waals surface area contributed by atoms with Gasteiger partial charge in [0.2, 0.25) is 0 Å². The van der Waals surface area contributed by atoms with Crippen molar-refractivity contribution in [3.05, 3.63) is 5.82 Å². The number of nitrogens with zero attached hydrogens (tertiary/aromatic N) is 4. The van der Waals surface area contributed by atoms with Crippen LogP contribution in [-0.4, -0.2) is 37.0 Å². The fourth-order valence-electron chi connectivity index (χ4n) is 0.841. The molecule has 74 valence electrons. The first kappa shape index (κ1) is 10.1. The summed E-state index contributed by atoms with van der Waals surface area (Å²) in [6, 6.07) is 0. The first-order valence-electron chi connectivity index (χ1n) is 4.09. The Bertz CT molecular complexity index is 277. The minimum absolute atomic E-state index is 0.331. The van der Waals surface area contributed by atoms with Crippen molar-refractivity contribution in [3.63, 3.8) is 0 Å². The van der Waals surface area contributed by atoms with Crippen molar-refractivity contribution in [2.24, 2.45) is 12.8 Å². The van der Waals surface area contributed by atoms with Gasteiger partial charge in [-0.2, -0.15) is 4.80 Å². The van der Waals surface area contributed by atoms with Crippen LogP contribution in [0.15, 0.2) is 0 Å². The van der Waals surface area contributed by atoms with Gasteiger partial charge in [0.1, 0.15) is 0 Å². The molecule has 6 heteroatoms. The van der Waals surface area contributed by atoms with Crippen LogP contribution in [0.3, 0.4) is 0 Å². The molecule has 0 saturated carbocycles. The standard InChI is InChI=1S/C7H15N5O/c1-7(2,8)5(13)4-6-9-11-12(3)10-6/h5,13H,4,8H2,1-3H3. The molecule has 0 aliphatic rings. The fraction of sp³-hybridized carbons (Fsp3) is 0.857. The zero-order chi connectivity index (χ0) is 10.1. The average molecular weight is 185 g/mol. The lowest BCUT2D eigenvalue weighted by Gasteiger charge is -2.24. The lowest BCUT2D eigenvalue weighted by Crippen LogP contribution is -2.46. The molecule has 1 rings (SSSR count). The molecule has 0 radical (unpaired) electrons. The molecule has 6 nitrogen and oxygen atoms in total. The Morgan fingerprint density at radius 1 is 1.62 bits per heavy atom. The Kier molecular flexibility index (Phi) is 2.63. The van der Waals surface area contributed by atoms with E-state index in [4.69, 9.17) is 5.73 Å². The van der Waals surface area contributed by atoms with E-state index in [0.29, 0.717) is 12.2 Å². The number of tetrazole rings is 1. The molecule has 0 spiro atoms. The summed E-state index contributed by atoms with van der Waals surface area (Å²) in [6.45, 7) is 3.52. The van der Waals surface area contributed by atoms with Gasteiger partial charge in [0.25, 0.3) is 0 Å². The second-order valence-electron chi connectivity index (χ2n) is 3.74. The van der Waals surface area contributed by atoms with Gasteiger partial charge in [-0.3, -0.25) is 0 Å². The highest BCUT2D eigenvalue weighted by molar-refractivity contribution is 4.90. The van der Waals surface area contributed by atoms with E-state index in [2.05, 4.69) is 15.4 Å². The number of rotatable bonds is 3. The van der Waals surface area contributed by atoms with Gasteiger partial charge in [-0.1, -0.05) is 0 Å². The topological polar surface area (TPSA) is 89.8 Å². The van der Waals surface area contributed by atoms with Gasteiger partial charge in [0.05, 0.1) is 13.2 Å². The second kappa shape index (κ2) is 3.39. The highest BCUT2D eigenvalue weighted by Gasteiger charge is 2.24. The predicted octanol–water partition coefficient (Wildman–Crippen LogP) is -1.15. The monoisotopic (exact) mass is 185 g/mol. The number of aromatic nitrogens is 4. The molecule has 0 fully saturated rings. The smallest absolute Gasteiger partial charge is 0.177 e. The SMILES string of the molecule is Cn1nnc(CC(O)C(C)(C)N)n1. The molecule has 3 N–H and O–H groups in total. The van der Waals surface area contributed by atoms with Crippen molar-refractivity contribution >= 4 is 0 Å². The van der Waals surface area contributed by atoms with E-state index in [1.807, 2.05) is 0 Å². The van der Waals surface area contributed by atoms with Crippen molar-refractivity contribution in [1.82, 2.24) is 20.2 Å². The third-order valence-electron chi connectivity index (χ3n) is 1.78. The van der Waals surface area contributed by atoms with Gasteiger partial charge >= 0.3 is 0 Å². The molecule has 0 aromatic carbocycles. The van der Waals surface area contributed by atoms with E-state index < -0.39 is 11.6 Å². The van der Waals surface area contributed by atoms with Crippen LogP contribution in [0.4, 0.5) is 0 Å². The first-order valence-corrected chi connectivity index (χ1v) is 4.09. The van der Waals surface area contributed by atoms with E-state index in [-0.39, 0.29) is 0 Å². The Balaban J connectivity index is 2.60. The summed E-state index contributed by atoms with van der Waals surface area (Å²) in [4.78, 5) is 1.35. The molecule has 1 aromatic rings. The number of aliphatic hydroxyl groups excluding tert-OH is 1. The molecule has 1 atom stereocenters. The van der Waals surface area contributed by atoms with Gasteiger partial charge < -0.3 is 10.8 Å². The van der Waals surface area contributed by atoms with Crippen molar-refractivity contribution in [1.29, 1.82) is 0 Å². The minimum atomic E-state index is -0.656. The van der Waals surface area contributed by atoms with Gasteiger partial charge in [-0.05, 0) is 19.1 Å². The summed E-state index contributed by atoms with van der Waals surface area (Å²) in [5.74, 6) is 0.508. The Labute approximate surface area is 76.7 Å². The normalized spacial score (nSPS) is 14.5. The van der Waals surface area contributed by atoms with E-state index in [0.717, 1.165) is 0 Å². The number of aryl methyl sites for hydroxylation is 1. The molecule has 0 aliphatic carbocycles. The van der Waals surface area contributed by atoms with Crippen LogP contribution in [0.5, 0.6) is 0 Å². The molecule has 1 unspecified atom stereocenters. The molecule has 13 heavy (non-hydrogen) atoms. The van der Waals surface area contributed by atoms with Gasteiger partial charge in [0.15, 0.2) is 5.82 Å². The maximum absolute atomic E-state index is 9.61. The Morgan fingerprint density at radius 3 is 2.62 bits per heavy atom. The number of hydrogen-bond acceptors (Lipinski definition) is 5. The maximum Gasteiger partial charge on any atom is 0.177 e. The largest absolute Gasteiger partial charge is 0.391 e. The van der Waals surface area contributed by atoms with Crippen molar-refractivity contribution in [2.75, 3.05) is 0 Å². The van der Waals surface area contributed by atoms with E-state index in [1.54, 1.807) is 20.9 Å². The molecule has 0 bridgehead atoms. The second-order valence-corrected chi connectivity index (χ2v) is 3.74. The van der Waals surface area contributed by atoms with Crippen LogP contribution in [0.25, 0.3) is 0 Å². The molecule has 0 aliphatic heterocycles. The maximum atomic E-state index is 9.61. The highest BCUT2D eigenvalue weighted by Crippen LogP contribution is 2.08. The predicted molar refractivity (Wildman–Crippen MR) is 46.8 cm³/mol. The first-order chi connectivity index (χ1) is 5.89. The molecule has 1 heterocycles. The Morgan fingerprint density at radius 2 is 2.23 bits per heavy atom. The third-order valence-corrected chi connectivity index (χ3v) is 1.78. The van der Waals surface area contributed by atoms with Gasteiger partial charge in [-0.25, -0.2) is 0 Å². The number of nitrogens with two attached hydrogens (primary N) is 1. The minimum Gasteiger partial charge on any atom is -0.391 e. The average Bonchev–Trinajstić information content (AvgIpc) is 2.33. The molecule has 1 aromatic heterocycles. The summed E-state index contributed by atoms with van der Waals surface area (Å²) >= 11 is 0. The third kappa shape index (κ3) is 2.74. The number of hydrogen-bond donors (Lipinski definition) is 2. The number of aliphatic hydroxyl groups is 1. The molecular formula is C7H15N5O. The van der Waals surface area contributed by atoms with Crippen LogP contribution < -0.4 is 5.73 Å². The van der Waals surface area contributed by atoms with E-state index >= 15 is 0 Å². The van der Waals surface area contributed by atoms with Crippen molar-refractivity contribution < 1.29 is 5.11 Å². The van der Waals surface area contributed by atoms with Gasteiger partial charge in [0, 0.05) is 12.0 Å². The summed E-state index contributed by atoms with van der Waals surface area (Å²) < 4.78 is 0. The Hall–Kier alpha value is -1.01. The zero-order valence-corrected chi connectivity index (χ0v) is 8.10. The van der Waals surface area contributed by atoms with Crippen LogP contribution in [-0.2, 0) is 13.5 Å². The quantitative estimate of drug-likeness (QED) is 0.620. The van der Waals surface area contributed by atoms with Crippen LogP contribution in [0.1, 0.15) is 19.7 Å². The van der Waals surface area contributed by atoms with Crippen molar-refractivity contribution in [3.8, 4) is 0 Å². The fourth-order valence-corrected chi connectivity index (χ4v) is 0.841. The van der Waals surface area contributed by atoms with Gasteiger partial charge in [-0.15, -0.1) is 10.2 Å². The van der Waals surface area contributed by atoms with Crippen molar-refractivity contribution in [2.45, 2.75) is 31.9 Å². The zero-order valence-electron chi connectivity index (χ0n) is 8.10. The van der Waals surface area contributed by atoms with E-state index in [9.17, 15) is 5.11 Å². The summed E-state index contributed by atoms with van der Waals surface area (Å²) in [5.41, 5.74) is 5.06. The molecule has 0 amide bonds. The lowest BCUT2D eigenvalue weighted by atomic mass is 9.96. The summed E-state index contributed by atoms with van der Waals surface area (Å²) in [7, 11) is 1.68.